The van der Waals surface area contributed by atoms with Crippen molar-refractivity contribution in [3.8, 4) is 0 Å². The van der Waals surface area contributed by atoms with Gasteiger partial charge >= 0.3 is 6.18 Å². The lowest BCUT2D eigenvalue weighted by Crippen LogP contribution is -2.42. The molecule has 1 aromatic heterocycles. The van der Waals surface area contributed by atoms with Crippen LogP contribution in [0.1, 0.15) is 18.4 Å². The summed E-state index contributed by atoms with van der Waals surface area (Å²) in [5, 5.41) is 4.33. The van der Waals surface area contributed by atoms with Crippen molar-refractivity contribution in [2.24, 2.45) is 5.14 Å². The molecule has 0 aromatic carbocycles. The van der Waals surface area contributed by atoms with Crippen molar-refractivity contribution >= 4 is 27.4 Å². The lowest BCUT2D eigenvalue weighted by molar-refractivity contribution is -0.137. The fraction of sp³-hybridized carbons (Fsp3) is 0.545. The van der Waals surface area contributed by atoms with Gasteiger partial charge in [-0.2, -0.15) is 13.2 Å². The number of anilines is 1. The monoisotopic (exact) mass is 343 g/mol. The van der Waals surface area contributed by atoms with Crippen LogP contribution in [0.2, 0.25) is 5.02 Å². The molecule has 0 atom stereocenters. The van der Waals surface area contributed by atoms with Crippen LogP contribution in [0.3, 0.4) is 0 Å². The number of rotatable bonds is 2. The molecular formula is C11H13ClF3N3O2S. The van der Waals surface area contributed by atoms with E-state index >= 15 is 0 Å². The van der Waals surface area contributed by atoms with Gasteiger partial charge < -0.3 is 4.90 Å². The van der Waals surface area contributed by atoms with Crippen molar-refractivity contribution < 1.29 is 21.6 Å². The molecule has 0 saturated carbocycles. The molecule has 0 bridgehead atoms. The fourth-order valence-corrected chi connectivity index (χ4v) is 3.37. The average Bonchev–Trinajstić information content (AvgIpc) is 2.36. The number of hydrogen-bond donors (Lipinski definition) is 1. The van der Waals surface area contributed by atoms with Crippen LogP contribution in [0.15, 0.2) is 12.3 Å². The average molecular weight is 344 g/mol. The van der Waals surface area contributed by atoms with E-state index in [9.17, 15) is 21.6 Å². The number of primary sulfonamides is 1. The summed E-state index contributed by atoms with van der Waals surface area (Å²) in [6, 6.07) is 0.815. The smallest absolute Gasteiger partial charge is 0.355 e. The van der Waals surface area contributed by atoms with E-state index in [1.807, 2.05) is 0 Å². The highest BCUT2D eigenvalue weighted by Crippen LogP contribution is 2.34. The van der Waals surface area contributed by atoms with Gasteiger partial charge in [0.25, 0.3) is 0 Å². The maximum Gasteiger partial charge on any atom is 0.417 e. The summed E-state index contributed by atoms with van der Waals surface area (Å²) in [4.78, 5) is 5.41. The van der Waals surface area contributed by atoms with E-state index in [4.69, 9.17) is 16.7 Å². The number of alkyl halides is 3. The topological polar surface area (TPSA) is 76.3 Å². The lowest BCUT2D eigenvalue weighted by Gasteiger charge is -2.32. The Morgan fingerprint density at radius 3 is 2.33 bits per heavy atom. The second-order valence-corrected chi connectivity index (χ2v) is 7.05. The van der Waals surface area contributed by atoms with Gasteiger partial charge in [0, 0.05) is 19.3 Å². The van der Waals surface area contributed by atoms with Crippen molar-refractivity contribution in [1.82, 2.24) is 4.98 Å². The van der Waals surface area contributed by atoms with E-state index in [-0.39, 0.29) is 23.7 Å². The van der Waals surface area contributed by atoms with Gasteiger partial charge in [-0.25, -0.2) is 18.5 Å². The lowest BCUT2D eigenvalue weighted by atomic mass is 10.1. The minimum atomic E-state index is -4.50. The summed E-state index contributed by atoms with van der Waals surface area (Å²) in [5.41, 5.74) is -0.921. The van der Waals surface area contributed by atoms with Crippen LogP contribution in [0.4, 0.5) is 19.0 Å². The molecule has 1 fully saturated rings. The summed E-state index contributed by atoms with van der Waals surface area (Å²) < 4.78 is 60.1. The second-order valence-electron chi connectivity index (χ2n) is 4.80. The summed E-state index contributed by atoms with van der Waals surface area (Å²) in [6.45, 7) is 0.637. The summed E-state index contributed by atoms with van der Waals surface area (Å²) >= 11 is 5.85. The van der Waals surface area contributed by atoms with Crippen LogP contribution in [-0.4, -0.2) is 31.7 Å². The second kappa shape index (κ2) is 5.62. The highest BCUT2D eigenvalue weighted by molar-refractivity contribution is 7.89. The molecule has 1 aromatic rings. The Hall–Kier alpha value is -1.06. The molecule has 0 amide bonds. The third-order valence-corrected chi connectivity index (χ3v) is 5.03. The molecule has 0 radical (unpaired) electrons. The van der Waals surface area contributed by atoms with Crippen molar-refractivity contribution in [1.29, 1.82) is 0 Å². The predicted molar refractivity (Wildman–Crippen MR) is 72.6 cm³/mol. The van der Waals surface area contributed by atoms with Gasteiger partial charge in [-0.05, 0) is 18.9 Å². The number of hydrogen-bond acceptors (Lipinski definition) is 4. The van der Waals surface area contributed by atoms with Crippen LogP contribution in [-0.2, 0) is 16.2 Å². The zero-order valence-electron chi connectivity index (χ0n) is 10.8. The molecule has 0 aliphatic carbocycles. The molecule has 1 saturated heterocycles. The molecule has 0 spiro atoms. The fourth-order valence-electron chi connectivity index (χ4n) is 2.21. The zero-order chi connectivity index (χ0) is 15.8. The largest absolute Gasteiger partial charge is 0.417 e. The molecule has 2 heterocycles. The third kappa shape index (κ3) is 3.78. The number of aromatic nitrogens is 1. The van der Waals surface area contributed by atoms with Crippen LogP contribution in [0, 0.1) is 0 Å². The van der Waals surface area contributed by atoms with Gasteiger partial charge in [0.15, 0.2) is 0 Å². The first-order chi connectivity index (χ1) is 9.59. The Bertz CT molecular complexity index is 628. The Morgan fingerprint density at radius 2 is 1.90 bits per heavy atom. The molecular weight excluding hydrogens is 331 g/mol. The van der Waals surface area contributed by atoms with Gasteiger partial charge in [-0.15, -0.1) is 0 Å². The van der Waals surface area contributed by atoms with Crippen molar-refractivity contribution in [2.75, 3.05) is 18.0 Å². The number of nitrogens with two attached hydrogens (primary N) is 1. The molecule has 118 valence electrons. The van der Waals surface area contributed by atoms with Crippen molar-refractivity contribution in [3.63, 3.8) is 0 Å². The van der Waals surface area contributed by atoms with Crippen molar-refractivity contribution in [3.05, 3.63) is 22.8 Å². The van der Waals surface area contributed by atoms with Crippen LogP contribution in [0.5, 0.6) is 0 Å². The van der Waals surface area contributed by atoms with E-state index in [1.54, 1.807) is 4.90 Å². The summed E-state index contributed by atoms with van der Waals surface area (Å²) in [6.07, 6.45) is -3.21. The van der Waals surface area contributed by atoms with Gasteiger partial charge in [-0.1, -0.05) is 11.6 Å². The zero-order valence-corrected chi connectivity index (χ0v) is 12.3. The summed E-state index contributed by atoms with van der Waals surface area (Å²) in [5.74, 6) is 0.220. The Balaban J connectivity index is 2.14. The molecule has 10 heteroatoms. The summed E-state index contributed by atoms with van der Waals surface area (Å²) in [7, 11) is -3.60. The number of halogens is 4. The van der Waals surface area contributed by atoms with E-state index in [0.29, 0.717) is 19.3 Å². The number of pyridine rings is 1. The molecule has 5 nitrogen and oxygen atoms in total. The minimum absolute atomic E-state index is 0.112. The Kier molecular flexibility index (Phi) is 4.36. The quantitative estimate of drug-likeness (QED) is 0.891. The first-order valence-electron chi connectivity index (χ1n) is 6.08. The van der Waals surface area contributed by atoms with E-state index in [2.05, 4.69) is 4.98 Å². The standard InChI is InChI=1S/C11H13ClF3N3O2S/c12-9-5-7(11(13,14)15)6-17-10(9)18-3-1-8(2-4-18)21(16,19)20/h5-6,8H,1-4H2,(H2,16,19,20). The first-order valence-corrected chi connectivity index (χ1v) is 8.07. The number of piperidine rings is 1. The van der Waals surface area contributed by atoms with Gasteiger partial charge in [-0.3, -0.25) is 0 Å². The van der Waals surface area contributed by atoms with E-state index in [1.165, 1.54) is 0 Å². The Labute approximate surface area is 124 Å². The molecule has 21 heavy (non-hydrogen) atoms. The maximum absolute atomic E-state index is 12.5. The Morgan fingerprint density at radius 1 is 1.33 bits per heavy atom. The van der Waals surface area contributed by atoms with Gasteiger partial charge in [0.05, 0.1) is 15.8 Å². The SMILES string of the molecule is NS(=O)(=O)C1CCN(c2ncc(C(F)(F)F)cc2Cl)CC1. The molecule has 1 aliphatic heterocycles. The molecule has 1 aliphatic rings. The van der Waals surface area contributed by atoms with Crippen LogP contribution < -0.4 is 10.0 Å². The van der Waals surface area contributed by atoms with E-state index < -0.39 is 27.0 Å². The highest BCUT2D eigenvalue weighted by Gasteiger charge is 2.33. The molecule has 2 rings (SSSR count). The number of nitrogens with zero attached hydrogens (tertiary/aromatic N) is 2. The first kappa shape index (κ1) is 16.3. The van der Waals surface area contributed by atoms with Crippen LogP contribution >= 0.6 is 11.6 Å². The van der Waals surface area contributed by atoms with Crippen LogP contribution in [0.25, 0.3) is 0 Å². The molecule has 2 N–H and O–H groups in total. The number of sulfonamides is 1. The minimum Gasteiger partial charge on any atom is -0.355 e. The maximum atomic E-state index is 12.5. The third-order valence-electron chi connectivity index (χ3n) is 3.36. The van der Waals surface area contributed by atoms with Gasteiger partial charge in [0.2, 0.25) is 10.0 Å². The molecule has 0 unspecified atom stereocenters. The van der Waals surface area contributed by atoms with E-state index in [0.717, 1.165) is 6.07 Å². The van der Waals surface area contributed by atoms with Crippen molar-refractivity contribution in [2.45, 2.75) is 24.3 Å². The predicted octanol–water partition coefficient (Wildman–Crippen LogP) is 2.01. The highest BCUT2D eigenvalue weighted by atomic mass is 35.5. The van der Waals surface area contributed by atoms with Gasteiger partial charge in [0.1, 0.15) is 5.82 Å². The normalized spacial score (nSPS) is 18.0.